The molecule has 0 spiro atoms. The zero-order chi connectivity index (χ0) is 14.6. The van der Waals surface area contributed by atoms with Crippen molar-refractivity contribution in [3.05, 3.63) is 22.7 Å². The van der Waals surface area contributed by atoms with Gasteiger partial charge in [0.15, 0.2) is 0 Å². The molecule has 0 saturated carbocycles. The Labute approximate surface area is 124 Å². The number of alkyl halides is 1. The first-order valence-corrected chi connectivity index (χ1v) is 8.26. The zero-order valence-electron chi connectivity index (χ0n) is 11.0. The van der Waals surface area contributed by atoms with Crippen LogP contribution in [-0.2, 0) is 10.0 Å². The van der Waals surface area contributed by atoms with Crippen LogP contribution in [0.15, 0.2) is 12.1 Å². The molecule has 1 atom stereocenters. The second kappa shape index (κ2) is 6.68. The summed E-state index contributed by atoms with van der Waals surface area (Å²) in [5, 5.41) is 0.522. The van der Waals surface area contributed by atoms with Gasteiger partial charge in [0.1, 0.15) is 5.75 Å². The molecule has 0 aliphatic heterocycles. The van der Waals surface area contributed by atoms with Gasteiger partial charge >= 0.3 is 0 Å². The standard InChI is InChI=1S/C12H17Cl2NO3S/c1-8(6-13)7-19(16,17)15-11-4-9(2)10(14)5-12(11)18-3/h4-5,8,15H,6-7H2,1-3H3. The highest BCUT2D eigenvalue weighted by molar-refractivity contribution is 7.92. The van der Waals surface area contributed by atoms with E-state index < -0.39 is 10.0 Å². The third kappa shape index (κ3) is 4.75. The number of hydrogen-bond acceptors (Lipinski definition) is 3. The lowest BCUT2D eigenvalue weighted by Crippen LogP contribution is -2.22. The van der Waals surface area contributed by atoms with Gasteiger partial charge in [-0.3, -0.25) is 4.72 Å². The van der Waals surface area contributed by atoms with Gasteiger partial charge in [-0.15, -0.1) is 11.6 Å². The third-order valence-corrected chi connectivity index (χ3v) is 4.99. The van der Waals surface area contributed by atoms with E-state index in [1.807, 2.05) is 0 Å². The normalized spacial score (nSPS) is 13.1. The summed E-state index contributed by atoms with van der Waals surface area (Å²) >= 11 is 11.6. The van der Waals surface area contributed by atoms with Gasteiger partial charge in [-0.25, -0.2) is 8.42 Å². The number of hydrogen-bond donors (Lipinski definition) is 1. The summed E-state index contributed by atoms with van der Waals surface area (Å²) in [4.78, 5) is 0. The molecule has 0 aliphatic carbocycles. The number of nitrogens with one attached hydrogen (secondary N) is 1. The van der Waals surface area contributed by atoms with E-state index in [4.69, 9.17) is 27.9 Å². The Morgan fingerprint density at radius 3 is 2.58 bits per heavy atom. The van der Waals surface area contributed by atoms with Gasteiger partial charge in [-0.2, -0.15) is 0 Å². The van der Waals surface area contributed by atoms with E-state index in [2.05, 4.69) is 4.72 Å². The van der Waals surface area contributed by atoms with E-state index in [-0.39, 0.29) is 17.6 Å². The first kappa shape index (κ1) is 16.4. The Morgan fingerprint density at radius 1 is 1.42 bits per heavy atom. The van der Waals surface area contributed by atoms with Crippen molar-refractivity contribution < 1.29 is 13.2 Å². The summed E-state index contributed by atoms with van der Waals surface area (Å²) in [6.07, 6.45) is 0. The highest BCUT2D eigenvalue weighted by Gasteiger charge is 2.18. The predicted molar refractivity (Wildman–Crippen MR) is 80.0 cm³/mol. The minimum atomic E-state index is -3.47. The van der Waals surface area contributed by atoms with Crippen LogP contribution < -0.4 is 9.46 Å². The average molecular weight is 326 g/mol. The molecule has 0 radical (unpaired) electrons. The van der Waals surface area contributed by atoms with E-state index in [9.17, 15) is 8.42 Å². The number of sulfonamides is 1. The molecule has 0 fully saturated rings. The molecule has 1 unspecified atom stereocenters. The minimum absolute atomic E-state index is 0.0403. The predicted octanol–water partition coefficient (Wildman–Crippen LogP) is 3.27. The van der Waals surface area contributed by atoms with E-state index >= 15 is 0 Å². The van der Waals surface area contributed by atoms with Crippen molar-refractivity contribution in [3.8, 4) is 5.75 Å². The van der Waals surface area contributed by atoms with Crippen LogP contribution in [0.25, 0.3) is 0 Å². The van der Waals surface area contributed by atoms with E-state index in [0.29, 0.717) is 16.5 Å². The van der Waals surface area contributed by atoms with Crippen molar-refractivity contribution in [1.82, 2.24) is 0 Å². The van der Waals surface area contributed by atoms with Crippen molar-refractivity contribution in [3.63, 3.8) is 0 Å². The van der Waals surface area contributed by atoms with Crippen LogP contribution in [0, 0.1) is 12.8 Å². The van der Waals surface area contributed by atoms with Gasteiger partial charge in [0.05, 0.1) is 18.6 Å². The van der Waals surface area contributed by atoms with Crippen LogP contribution in [0.4, 0.5) is 5.69 Å². The molecule has 0 bridgehead atoms. The number of anilines is 1. The summed E-state index contributed by atoms with van der Waals surface area (Å²) < 4.78 is 31.6. The fourth-order valence-electron chi connectivity index (χ4n) is 1.54. The fraction of sp³-hybridized carbons (Fsp3) is 0.500. The molecule has 1 N–H and O–H groups in total. The first-order valence-electron chi connectivity index (χ1n) is 5.69. The molecule has 19 heavy (non-hydrogen) atoms. The Bertz CT molecular complexity index is 546. The minimum Gasteiger partial charge on any atom is -0.495 e. The lowest BCUT2D eigenvalue weighted by molar-refractivity contribution is 0.417. The first-order chi connectivity index (χ1) is 8.79. The van der Waals surface area contributed by atoms with Gasteiger partial charge in [0, 0.05) is 17.0 Å². The molecule has 108 valence electrons. The molecule has 7 heteroatoms. The molecule has 1 aromatic carbocycles. The summed E-state index contributed by atoms with van der Waals surface area (Å²) in [6, 6.07) is 3.23. The fourth-order valence-corrected chi connectivity index (χ4v) is 3.38. The number of benzene rings is 1. The maximum Gasteiger partial charge on any atom is 0.233 e. The average Bonchev–Trinajstić information content (AvgIpc) is 2.32. The van der Waals surface area contributed by atoms with Crippen LogP contribution in [-0.4, -0.2) is 27.2 Å². The van der Waals surface area contributed by atoms with E-state index in [1.54, 1.807) is 26.0 Å². The van der Waals surface area contributed by atoms with Crippen LogP contribution >= 0.6 is 23.2 Å². The SMILES string of the molecule is COc1cc(Cl)c(C)cc1NS(=O)(=O)CC(C)CCl. The Hall–Kier alpha value is -0.650. The molecule has 1 aromatic rings. The lowest BCUT2D eigenvalue weighted by Gasteiger charge is -2.15. The topological polar surface area (TPSA) is 55.4 Å². The van der Waals surface area contributed by atoms with Crippen LogP contribution in [0.1, 0.15) is 12.5 Å². The monoisotopic (exact) mass is 325 g/mol. The smallest absolute Gasteiger partial charge is 0.233 e. The number of rotatable bonds is 6. The summed E-state index contributed by atoms with van der Waals surface area (Å²) in [6.45, 7) is 3.57. The maximum absolute atomic E-state index is 12.0. The molecular formula is C12H17Cl2NO3S. The van der Waals surface area contributed by atoms with Crippen molar-refractivity contribution in [2.75, 3.05) is 23.5 Å². The molecule has 0 heterocycles. The maximum atomic E-state index is 12.0. The van der Waals surface area contributed by atoms with Gasteiger partial charge in [-0.1, -0.05) is 18.5 Å². The second-order valence-corrected chi connectivity index (χ2v) is 6.93. The molecule has 1 rings (SSSR count). The number of aryl methyl sites for hydroxylation is 1. The van der Waals surface area contributed by atoms with Crippen LogP contribution in [0.3, 0.4) is 0 Å². The largest absolute Gasteiger partial charge is 0.495 e. The van der Waals surface area contributed by atoms with Gasteiger partial charge in [0.25, 0.3) is 0 Å². The van der Waals surface area contributed by atoms with Crippen molar-refractivity contribution >= 4 is 38.9 Å². The number of ether oxygens (including phenoxy) is 1. The second-order valence-electron chi connectivity index (χ2n) is 4.44. The summed E-state index contributed by atoms with van der Waals surface area (Å²) in [7, 11) is -2.01. The van der Waals surface area contributed by atoms with Crippen molar-refractivity contribution in [2.24, 2.45) is 5.92 Å². The lowest BCUT2D eigenvalue weighted by atomic mass is 10.2. The Kier molecular flexibility index (Phi) is 5.77. The number of methoxy groups -OCH3 is 1. The summed E-state index contributed by atoms with van der Waals surface area (Å²) in [5.41, 5.74) is 1.15. The molecule has 0 saturated heterocycles. The van der Waals surface area contributed by atoms with E-state index in [0.717, 1.165) is 5.56 Å². The Balaban J connectivity index is 3.02. The zero-order valence-corrected chi connectivity index (χ0v) is 13.4. The van der Waals surface area contributed by atoms with E-state index in [1.165, 1.54) is 7.11 Å². The molecular weight excluding hydrogens is 309 g/mol. The Morgan fingerprint density at radius 2 is 2.05 bits per heavy atom. The van der Waals surface area contributed by atoms with Crippen LogP contribution in [0.5, 0.6) is 5.75 Å². The van der Waals surface area contributed by atoms with Gasteiger partial charge in [-0.05, 0) is 24.5 Å². The van der Waals surface area contributed by atoms with Crippen molar-refractivity contribution in [1.29, 1.82) is 0 Å². The molecule has 0 aromatic heterocycles. The number of halogens is 2. The van der Waals surface area contributed by atoms with Crippen molar-refractivity contribution in [2.45, 2.75) is 13.8 Å². The third-order valence-electron chi connectivity index (χ3n) is 2.51. The van der Waals surface area contributed by atoms with Gasteiger partial charge < -0.3 is 4.74 Å². The van der Waals surface area contributed by atoms with Gasteiger partial charge in [0.2, 0.25) is 10.0 Å². The molecule has 0 aliphatic rings. The van der Waals surface area contributed by atoms with Crippen LogP contribution in [0.2, 0.25) is 5.02 Å². The summed E-state index contributed by atoms with van der Waals surface area (Å²) in [5.74, 6) is 0.509. The highest BCUT2D eigenvalue weighted by Crippen LogP contribution is 2.31. The highest BCUT2D eigenvalue weighted by atomic mass is 35.5. The molecule has 0 amide bonds. The quantitative estimate of drug-likeness (QED) is 0.816. The molecule has 4 nitrogen and oxygen atoms in total.